The molecule has 0 radical (unpaired) electrons. The molecule has 0 aromatic heterocycles. The van der Waals surface area contributed by atoms with Crippen molar-refractivity contribution in [3.05, 3.63) is 29.8 Å². The first-order valence-corrected chi connectivity index (χ1v) is 6.89. The van der Waals surface area contributed by atoms with Gasteiger partial charge in [-0.15, -0.1) is 0 Å². The third-order valence-corrected chi connectivity index (χ3v) is 3.61. The zero-order valence-electron chi connectivity index (χ0n) is 11.4. The summed E-state index contributed by atoms with van der Waals surface area (Å²) in [5.41, 5.74) is 6.54. The molecule has 1 aromatic rings. The molecule has 1 aromatic carbocycles. The van der Waals surface area contributed by atoms with Gasteiger partial charge in [0.15, 0.2) is 6.61 Å². The van der Waals surface area contributed by atoms with Crippen molar-refractivity contribution in [3.8, 4) is 5.75 Å². The lowest BCUT2D eigenvalue weighted by Crippen LogP contribution is -2.36. The SMILES string of the molecule is CC1CCC(NC(=O)COc2ccccc2CN)C1. The second kappa shape index (κ2) is 6.57. The van der Waals surface area contributed by atoms with Gasteiger partial charge in [-0.3, -0.25) is 4.79 Å². The maximum absolute atomic E-state index is 11.8. The molecule has 1 aliphatic carbocycles. The van der Waals surface area contributed by atoms with Crippen LogP contribution in [0, 0.1) is 5.92 Å². The lowest BCUT2D eigenvalue weighted by Gasteiger charge is -2.14. The Morgan fingerprint density at radius 2 is 2.21 bits per heavy atom. The van der Waals surface area contributed by atoms with Crippen LogP contribution in [0.2, 0.25) is 0 Å². The summed E-state index contributed by atoms with van der Waals surface area (Å²) in [6.45, 7) is 2.69. The molecule has 1 saturated carbocycles. The Morgan fingerprint density at radius 1 is 1.42 bits per heavy atom. The lowest BCUT2D eigenvalue weighted by molar-refractivity contribution is -0.123. The van der Waals surface area contributed by atoms with Crippen LogP contribution in [0.5, 0.6) is 5.75 Å². The van der Waals surface area contributed by atoms with Crippen LogP contribution in [-0.2, 0) is 11.3 Å². The molecule has 19 heavy (non-hydrogen) atoms. The summed E-state index contributed by atoms with van der Waals surface area (Å²) >= 11 is 0. The molecule has 0 saturated heterocycles. The maximum atomic E-state index is 11.8. The lowest BCUT2D eigenvalue weighted by atomic mass is 10.1. The van der Waals surface area contributed by atoms with E-state index in [1.54, 1.807) is 0 Å². The van der Waals surface area contributed by atoms with Crippen molar-refractivity contribution in [3.63, 3.8) is 0 Å². The number of amides is 1. The normalized spacial score (nSPS) is 22.2. The van der Waals surface area contributed by atoms with Crippen molar-refractivity contribution < 1.29 is 9.53 Å². The van der Waals surface area contributed by atoms with E-state index in [-0.39, 0.29) is 12.5 Å². The number of rotatable bonds is 5. The molecule has 4 heteroatoms. The summed E-state index contributed by atoms with van der Waals surface area (Å²) in [6, 6.07) is 7.86. The summed E-state index contributed by atoms with van der Waals surface area (Å²) in [6.07, 6.45) is 3.35. The number of carbonyl (C=O) groups excluding carboxylic acids is 1. The minimum Gasteiger partial charge on any atom is -0.483 e. The maximum Gasteiger partial charge on any atom is 0.258 e. The van der Waals surface area contributed by atoms with Crippen LogP contribution in [0.1, 0.15) is 31.7 Å². The molecule has 0 spiro atoms. The van der Waals surface area contributed by atoms with Crippen LogP contribution >= 0.6 is 0 Å². The van der Waals surface area contributed by atoms with Crippen LogP contribution in [-0.4, -0.2) is 18.6 Å². The standard InChI is InChI=1S/C15H22N2O2/c1-11-6-7-13(8-11)17-15(18)10-19-14-5-3-2-4-12(14)9-16/h2-5,11,13H,6-10,16H2,1H3,(H,17,18). The molecular formula is C15H22N2O2. The molecule has 2 atom stereocenters. The highest BCUT2D eigenvalue weighted by atomic mass is 16.5. The summed E-state index contributed by atoms with van der Waals surface area (Å²) in [7, 11) is 0. The van der Waals surface area contributed by atoms with Gasteiger partial charge >= 0.3 is 0 Å². The Balaban J connectivity index is 1.80. The number of para-hydroxylation sites is 1. The average molecular weight is 262 g/mol. The fourth-order valence-corrected chi connectivity index (χ4v) is 2.56. The minimum atomic E-state index is -0.0501. The molecule has 4 nitrogen and oxygen atoms in total. The zero-order valence-corrected chi connectivity index (χ0v) is 11.4. The largest absolute Gasteiger partial charge is 0.483 e. The highest BCUT2D eigenvalue weighted by Gasteiger charge is 2.22. The summed E-state index contributed by atoms with van der Waals surface area (Å²) in [5.74, 6) is 1.36. The van der Waals surface area contributed by atoms with Crippen molar-refractivity contribution in [1.29, 1.82) is 0 Å². The molecule has 2 rings (SSSR count). The number of benzene rings is 1. The van der Waals surface area contributed by atoms with Gasteiger partial charge in [0.05, 0.1) is 0 Å². The first-order chi connectivity index (χ1) is 9.19. The second-order valence-corrected chi connectivity index (χ2v) is 5.28. The molecule has 0 aliphatic heterocycles. The predicted molar refractivity (Wildman–Crippen MR) is 74.8 cm³/mol. The van der Waals surface area contributed by atoms with Gasteiger partial charge in [0.2, 0.25) is 0 Å². The second-order valence-electron chi connectivity index (χ2n) is 5.28. The van der Waals surface area contributed by atoms with Crippen molar-refractivity contribution >= 4 is 5.91 Å². The Labute approximate surface area is 114 Å². The Hall–Kier alpha value is -1.55. The topological polar surface area (TPSA) is 64.3 Å². The molecule has 1 fully saturated rings. The molecule has 0 heterocycles. The van der Waals surface area contributed by atoms with E-state index in [0.29, 0.717) is 24.3 Å². The van der Waals surface area contributed by atoms with Gasteiger partial charge in [-0.05, 0) is 31.2 Å². The smallest absolute Gasteiger partial charge is 0.258 e. The van der Waals surface area contributed by atoms with Gasteiger partial charge in [0, 0.05) is 18.2 Å². The zero-order chi connectivity index (χ0) is 13.7. The number of nitrogens with one attached hydrogen (secondary N) is 1. The Morgan fingerprint density at radius 3 is 2.89 bits per heavy atom. The van der Waals surface area contributed by atoms with Gasteiger partial charge in [-0.1, -0.05) is 25.1 Å². The molecule has 1 amide bonds. The van der Waals surface area contributed by atoms with Crippen molar-refractivity contribution in [2.75, 3.05) is 6.61 Å². The molecule has 0 bridgehead atoms. The van der Waals surface area contributed by atoms with Crippen LogP contribution in [0.3, 0.4) is 0 Å². The third-order valence-electron chi connectivity index (χ3n) is 3.61. The minimum absolute atomic E-state index is 0.0501. The summed E-state index contributed by atoms with van der Waals surface area (Å²) < 4.78 is 5.53. The molecule has 1 aliphatic rings. The summed E-state index contributed by atoms with van der Waals surface area (Å²) in [4.78, 5) is 11.8. The first kappa shape index (κ1) is 13.9. The number of hydrogen-bond acceptors (Lipinski definition) is 3. The number of nitrogens with two attached hydrogens (primary N) is 1. The van der Waals surface area contributed by atoms with Gasteiger partial charge < -0.3 is 15.8 Å². The van der Waals surface area contributed by atoms with Crippen LogP contribution in [0.4, 0.5) is 0 Å². The molecular weight excluding hydrogens is 240 g/mol. The van der Waals surface area contributed by atoms with E-state index < -0.39 is 0 Å². The molecule has 3 N–H and O–H groups in total. The Kier molecular flexibility index (Phi) is 4.80. The van der Waals surface area contributed by atoms with Crippen molar-refractivity contribution in [2.24, 2.45) is 11.7 Å². The van der Waals surface area contributed by atoms with E-state index in [1.165, 1.54) is 6.42 Å². The van der Waals surface area contributed by atoms with Crippen LogP contribution < -0.4 is 15.8 Å². The van der Waals surface area contributed by atoms with Gasteiger partial charge in [-0.2, -0.15) is 0 Å². The monoisotopic (exact) mass is 262 g/mol. The van der Waals surface area contributed by atoms with Crippen LogP contribution in [0.25, 0.3) is 0 Å². The highest BCUT2D eigenvalue weighted by molar-refractivity contribution is 5.77. The van der Waals surface area contributed by atoms with Crippen LogP contribution in [0.15, 0.2) is 24.3 Å². The van der Waals surface area contributed by atoms with E-state index >= 15 is 0 Å². The van der Waals surface area contributed by atoms with E-state index in [9.17, 15) is 4.79 Å². The molecule has 104 valence electrons. The van der Waals surface area contributed by atoms with E-state index in [4.69, 9.17) is 10.5 Å². The van der Waals surface area contributed by atoms with E-state index in [0.717, 1.165) is 18.4 Å². The van der Waals surface area contributed by atoms with E-state index in [1.807, 2.05) is 24.3 Å². The molecule has 2 unspecified atom stereocenters. The predicted octanol–water partition coefficient (Wildman–Crippen LogP) is 1.83. The fraction of sp³-hybridized carbons (Fsp3) is 0.533. The Bertz CT molecular complexity index is 434. The van der Waals surface area contributed by atoms with Gasteiger partial charge in [0.25, 0.3) is 5.91 Å². The van der Waals surface area contributed by atoms with Crippen molar-refractivity contribution in [2.45, 2.75) is 38.8 Å². The first-order valence-electron chi connectivity index (χ1n) is 6.89. The van der Waals surface area contributed by atoms with Gasteiger partial charge in [0.1, 0.15) is 5.75 Å². The number of hydrogen-bond donors (Lipinski definition) is 2. The average Bonchev–Trinajstić information content (AvgIpc) is 2.82. The van der Waals surface area contributed by atoms with Crippen molar-refractivity contribution in [1.82, 2.24) is 5.32 Å². The van der Waals surface area contributed by atoms with E-state index in [2.05, 4.69) is 12.2 Å². The number of ether oxygens (including phenoxy) is 1. The quantitative estimate of drug-likeness (QED) is 0.851. The highest BCUT2D eigenvalue weighted by Crippen LogP contribution is 2.24. The number of carbonyl (C=O) groups is 1. The third kappa shape index (κ3) is 3.96. The van der Waals surface area contributed by atoms with Gasteiger partial charge in [-0.25, -0.2) is 0 Å². The summed E-state index contributed by atoms with van der Waals surface area (Å²) in [5, 5.41) is 3.02. The fourth-order valence-electron chi connectivity index (χ4n) is 2.56.